The molecule has 0 spiro atoms. The number of urea groups is 1. The molecule has 58 valence electrons. The van der Waals surface area contributed by atoms with Gasteiger partial charge in [-0.15, -0.1) is 0 Å². The summed E-state index contributed by atoms with van der Waals surface area (Å²) >= 11 is 0. The first-order chi connectivity index (χ1) is 4.37. The Bertz CT molecular complexity index is 137. The molecule has 0 radical (unpaired) electrons. The van der Waals surface area contributed by atoms with Gasteiger partial charge in [-0.25, -0.2) is 4.79 Å². The number of carbonyl (C=O) groups is 2. The summed E-state index contributed by atoms with van der Waals surface area (Å²) in [7, 11) is 0. The van der Waals surface area contributed by atoms with Gasteiger partial charge < -0.3 is 17.2 Å². The van der Waals surface area contributed by atoms with Gasteiger partial charge in [-0.2, -0.15) is 0 Å². The summed E-state index contributed by atoms with van der Waals surface area (Å²) in [5, 5.41) is 0. The maximum Gasteiger partial charge on any atom is 0.309 e. The number of hydrogen-bond acceptors (Lipinski definition) is 2. The van der Waals surface area contributed by atoms with Crippen molar-refractivity contribution in [1.82, 2.24) is 0 Å². The van der Waals surface area contributed by atoms with Crippen LogP contribution >= 0.6 is 0 Å². The van der Waals surface area contributed by atoms with E-state index < -0.39 is 11.9 Å². The average Bonchev–Trinajstić information content (AvgIpc) is 1.63. The molecule has 0 heterocycles. The van der Waals surface area contributed by atoms with E-state index in [0.717, 1.165) is 0 Å². The minimum absolute atomic E-state index is 0.398. The monoisotopic (exact) mass is 145 g/mol. The Hall–Kier alpha value is -1.52. The third-order valence-corrected chi connectivity index (χ3v) is 0.421. The maximum absolute atomic E-state index is 9.82. The van der Waals surface area contributed by atoms with Crippen LogP contribution in [0.5, 0.6) is 0 Å². The molecule has 0 aromatic rings. The SMILES string of the molecule is C=C(C)C(N)=O.NC(N)=O. The standard InChI is InChI=1S/C4H7NO.CH4N2O/c1-3(2)4(5)6;2-1(3)4/h1H2,2H3,(H2,5,6);(H4,2,3,4). The molecule has 0 fully saturated rings. The van der Waals surface area contributed by atoms with E-state index in [2.05, 4.69) is 18.0 Å². The van der Waals surface area contributed by atoms with Crippen molar-refractivity contribution in [2.24, 2.45) is 17.2 Å². The molecule has 0 bridgehead atoms. The average molecular weight is 145 g/mol. The third-order valence-electron chi connectivity index (χ3n) is 0.421. The van der Waals surface area contributed by atoms with Gasteiger partial charge in [-0.3, -0.25) is 4.79 Å². The molecule has 0 aliphatic heterocycles. The van der Waals surface area contributed by atoms with Crippen molar-refractivity contribution in [3.05, 3.63) is 12.2 Å². The fraction of sp³-hybridized carbons (Fsp3) is 0.200. The van der Waals surface area contributed by atoms with Crippen LogP contribution < -0.4 is 17.2 Å². The summed E-state index contributed by atoms with van der Waals surface area (Å²) in [4.78, 5) is 18.8. The second kappa shape index (κ2) is 5.61. The van der Waals surface area contributed by atoms with Crippen molar-refractivity contribution in [2.75, 3.05) is 0 Å². The highest BCUT2D eigenvalue weighted by Gasteiger charge is 1.86. The first-order valence-electron chi connectivity index (χ1n) is 2.38. The Morgan fingerprint density at radius 2 is 1.30 bits per heavy atom. The second-order valence-corrected chi connectivity index (χ2v) is 1.55. The lowest BCUT2D eigenvalue weighted by Crippen LogP contribution is -2.18. The molecule has 0 saturated heterocycles. The summed E-state index contributed by atoms with van der Waals surface area (Å²) in [6.07, 6.45) is 0. The van der Waals surface area contributed by atoms with Gasteiger partial charge in [0.1, 0.15) is 0 Å². The highest BCUT2D eigenvalue weighted by atomic mass is 16.2. The van der Waals surface area contributed by atoms with Gasteiger partial charge in [0, 0.05) is 5.57 Å². The smallest absolute Gasteiger partial charge is 0.309 e. The van der Waals surface area contributed by atoms with Crippen LogP contribution in [0.3, 0.4) is 0 Å². The maximum atomic E-state index is 9.82. The number of hydrogen-bond donors (Lipinski definition) is 3. The van der Waals surface area contributed by atoms with Gasteiger partial charge in [0.15, 0.2) is 0 Å². The Kier molecular flexibility index (Phi) is 6.34. The van der Waals surface area contributed by atoms with Crippen molar-refractivity contribution in [2.45, 2.75) is 6.92 Å². The van der Waals surface area contributed by atoms with Crippen molar-refractivity contribution >= 4 is 11.9 Å². The summed E-state index contributed by atoms with van der Waals surface area (Å²) in [5.41, 5.74) is 13.6. The predicted molar refractivity (Wildman–Crippen MR) is 37.8 cm³/mol. The van der Waals surface area contributed by atoms with E-state index in [1.807, 2.05) is 0 Å². The Labute approximate surface area is 58.9 Å². The molecule has 0 aromatic heterocycles. The Morgan fingerprint density at radius 1 is 1.20 bits per heavy atom. The lowest BCUT2D eigenvalue weighted by atomic mass is 10.3. The quantitative estimate of drug-likeness (QED) is 0.414. The number of carbonyl (C=O) groups excluding carboxylic acids is 2. The molecule has 0 aliphatic carbocycles. The van der Waals surface area contributed by atoms with Crippen molar-refractivity contribution in [1.29, 1.82) is 0 Å². The normalized spacial score (nSPS) is 6.90. The fourth-order valence-corrected chi connectivity index (χ4v) is 0. The van der Waals surface area contributed by atoms with E-state index in [4.69, 9.17) is 10.5 Å². The molecule has 10 heavy (non-hydrogen) atoms. The first-order valence-corrected chi connectivity index (χ1v) is 2.38. The van der Waals surface area contributed by atoms with Crippen LogP contribution in [0.1, 0.15) is 6.92 Å². The predicted octanol–water partition coefficient (Wildman–Crippen LogP) is -0.928. The number of rotatable bonds is 1. The van der Waals surface area contributed by atoms with E-state index >= 15 is 0 Å². The summed E-state index contributed by atoms with van der Waals surface area (Å²) in [5.74, 6) is -0.435. The van der Waals surface area contributed by atoms with Gasteiger partial charge in [-0.05, 0) is 6.92 Å². The molecule has 0 aliphatic rings. The van der Waals surface area contributed by atoms with Gasteiger partial charge >= 0.3 is 6.03 Å². The molecule has 5 heteroatoms. The number of amides is 3. The zero-order valence-corrected chi connectivity index (χ0v) is 5.76. The molecule has 6 N–H and O–H groups in total. The summed E-state index contributed by atoms with van der Waals surface area (Å²) in [6.45, 7) is 4.85. The molecule has 0 atom stereocenters. The molecule has 3 amide bonds. The van der Waals surface area contributed by atoms with E-state index in [0.29, 0.717) is 5.57 Å². The van der Waals surface area contributed by atoms with Crippen LogP contribution in [0.15, 0.2) is 12.2 Å². The highest BCUT2D eigenvalue weighted by molar-refractivity contribution is 5.90. The number of primary amides is 3. The van der Waals surface area contributed by atoms with Crippen LogP contribution in [0, 0.1) is 0 Å². The van der Waals surface area contributed by atoms with E-state index in [-0.39, 0.29) is 0 Å². The van der Waals surface area contributed by atoms with Crippen LogP contribution in [-0.4, -0.2) is 11.9 Å². The van der Waals surface area contributed by atoms with Gasteiger partial charge in [-0.1, -0.05) is 6.58 Å². The van der Waals surface area contributed by atoms with Crippen LogP contribution in [0.2, 0.25) is 0 Å². The Morgan fingerprint density at radius 3 is 1.30 bits per heavy atom. The van der Waals surface area contributed by atoms with E-state index in [9.17, 15) is 4.79 Å². The third kappa shape index (κ3) is 31.6. The van der Waals surface area contributed by atoms with Crippen LogP contribution in [0.25, 0.3) is 0 Å². The van der Waals surface area contributed by atoms with Crippen molar-refractivity contribution in [3.63, 3.8) is 0 Å². The van der Waals surface area contributed by atoms with Gasteiger partial charge in [0.25, 0.3) is 0 Å². The summed E-state index contributed by atoms with van der Waals surface area (Å²) in [6, 6.07) is -0.833. The largest absolute Gasteiger partial charge is 0.366 e. The molecule has 5 nitrogen and oxygen atoms in total. The lowest BCUT2D eigenvalue weighted by molar-refractivity contribution is -0.114. The van der Waals surface area contributed by atoms with Crippen molar-refractivity contribution < 1.29 is 9.59 Å². The molecular weight excluding hydrogens is 134 g/mol. The van der Waals surface area contributed by atoms with E-state index in [1.54, 1.807) is 6.92 Å². The molecule has 0 aromatic carbocycles. The first kappa shape index (κ1) is 11.3. The van der Waals surface area contributed by atoms with Crippen molar-refractivity contribution in [3.8, 4) is 0 Å². The van der Waals surface area contributed by atoms with Gasteiger partial charge in [0.05, 0.1) is 0 Å². The molecule has 0 saturated carbocycles. The molecule has 0 rings (SSSR count). The fourth-order valence-electron chi connectivity index (χ4n) is 0. The molecule has 0 unspecified atom stereocenters. The minimum atomic E-state index is -0.833. The zero-order valence-electron chi connectivity index (χ0n) is 5.76. The van der Waals surface area contributed by atoms with E-state index in [1.165, 1.54) is 0 Å². The van der Waals surface area contributed by atoms with Crippen LogP contribution in [-0.2, 0) is 4.79 Å². The minimum Gasteiger partial charge on any atom is -0.366 e. The van der Waals surface area contributed by atoms with Crippen LogP contribution in [0.4, 0.5) is 4.79 Å². The summed E-state index contributed by atoms with van der Waals surface area (Å²) < 4.78 is 0. The second-order valence-electron chi connectivity index (χ2n) is 1.55. The Balaban J connectivity index is 0. The zero-order chi connectivity index (χ0) is 8.73. The lowest BCUT2D eigenvalue weighted by Gasteiger charge is -1.81. The number of nitrogens with two attached hydrogens (primary N) is 3. The van der Waals surface area contributed by atoms with Gasteiger partial charge in [0.2, 0.25) is 5.91 Å². The molecular formula is C5H11N3O2. The highest BCUT2D eigenvalue weighted by Crippen LogP contribution is 1.78. The topological polar surface area (TPSA) is 112 Å².